The fraction of sp³-hybridized carbons (Fsp3) is 0.300. The Balaban J connectivity index is 2.35. The predicted molar refractivity (Wildman–Crippen MR) is 55.1 cm³/mol. The molecule has 0 spiro atoms. The highest BCUT2D eigenvalue weighted by atomic mass is 35.5. The van der Waals surface area contributed by atoms with Crippen LogP contribution in [0.2, 0.25) is 0 Å². The second-order valence-electron chi connectivity index (χ2n) is 3.01. The van der Waals surface area contributed by atoms with Gasteiger partial charge in [-0.3, -0.25) is 0 Å². The number of hydrogen-bond acceptors (Lipinski definition) is 1. The number of alkyl halides is 1. The van der Waals surface area contributed by atoms with E-state index in [0.29, 0.717) is 5.88 Å². The van der Waals surface area contributed by atoms with E-state index in [1.54, 1.807) is 6.20 Å². The molecule has 0 unspecified atom stereocenters. The average Bonchev–Trinajstić information content (AvgIpc) is 2.58. The van der Waals surface area contributed by atoms with E-state index in [-0.39, 0.29) is 0 Å². The number of fused-ring (bicyclic) bond motifs is 1. The summed E-state index contributed by atoms with van der Waals surface area (Å²) >= 11 is 5.64. The Hall–Kier alpha value is -1.02. The van der Waals surface area contributed by atoms with E-state index in [0.717, 1.165) is 18.5 Å². The highest BCUT2D eigenvalue weighted by Gasteiger charge is 2.02. The molecule has 0 aliphatic heterocycles. The van der Waals surface area contributed by atoms with Gasteiger partial charge in [0.2, 0.25) is 0 Å². The molecule has 2 heterocycles. The lowest BCUT2D eigenvalue weighted by Crippen LogP contribution is -1.83. The lowest BCUT2D eigenvalue weighted by atomic mass is 10.1. The highest BCUT2D eigenvalue weighted by molar-refractivity contribution is 6.17. The van der Waals surface area contributed by atoms with Crippen molar-refractivity contribution < 1.29 is 0 Å². The van der Waals surface area contributed by atoms with Gasteiger partial charge < -0.3 is 4.98 Å². The first-order valence-electron chi connectivity index (χ1n) is 4.39. The van der Waals surface area contributed by atoms with E-state index in [1.165, 1.54) is 10.9 Å². The minimum absolute atomic E-state index is 0.715. The Morgan fingerprint density at radius 1 is 1.46 bits per heavy atom. The third kappa shape index (κ3) is 1.68. The van der Waals surface area contributed by atoms with Crippen LogP contribution >= 0.6 is 11.6 Å². The molecule has 3 heteroatoms. The zero-order valence-electron chi connectivity index (χ0n) is 7.26. The van der Waals surface area contributed by atoms with Crippen LogP contribution in [-0.4, -0.2) is 15.8 Å². The van der Waals surface area contributed by atoms with Crippen molar-refractivity contribution in [3.8, 4) is 0 Å². The van der Waals surface area contributed by atoms with Crippen LogP contribution in [-0.2, 0) is 6.42 Å². The maximum atomic E-state index is 5.64. The Kier molecular flexibility index (Phi) is 2.50. The molecule has 68 valence electrons. The van der Waals surface area contributed by atoms with E-state index in [2.05, 4.69) is 16.0 Å². The Bertz CT molecular complexity index is 394. The average molecular weight is 195 g/mol. The largest absolute Gasteiger partial charge is 0.346 e. The summed E-state index contributed by atoms with van der Waals surface area (Å²) in [6.07, 6.45) is 5.85. The van der Waals surface area contributed by atoms with E-state index in [4.69, 9.17) is 11.6 Å². The number of aromatic amines is 1. The number of H-pyrrole nitrogens is 1. The SMILES string of the molecule is ClCCCc1c[nH]c2ncccc12. The number of nitrogens with one attached hydrogen (secondary N) is 1. The second-order valence-corrected chi connectivity index (χ2v) is 3.38. The highest BCUT2D eigenvalue weighted by Crippen LogP contribution is 2.16. The summed E-state index contributed by atoms with van der Waals surface area (Å²) in [4.78, 5) is 7.36. The monoisotopic (exact) mass is 194 g/mol. The maximum absolute atomic E-state index is 5.64. The fourth-order valence-corrected chi connectivity index (χ4v) is 1.61. The van der Waals surface area contributed by atoms with Gasteiger partial charge in [-0.15, -0.1) is 11.6 Å². The minimum Gasteiger partial charge on any atom is -0.346 e. The van der Waals surface area contributed by atoms with Crippen molar-refractivity contribution in [2.75, 3.05) is 5.88 Å². The van der Waals surface area contributed by atoms with Crippen LogP contribution in [0.5, 0.6) is 0 Å². The van der Waals surface area contributed by atoms with Crippen LogP contribution < -0.4 is 0 Å². The van der Waals surface area contributed by atoms with Gasteiger partial charge in [-0.1, -0.05) is 0 Å². The molecule has 0 aliphatic rings. The van der Waals surface area contributed by atoms with Gasteiger partial charge in [0.05, 0.1) is 0 Å². The van der Waals surface area contributed by atoms with Gasteiger partial charge in [0.15, 0.2) is 0 Å². The molecule has 0 radical (unpaired) electrons. The minimum atomic E-state index is 0.715. The van der Waals surface area contributed by atoms with Crippen LogP contribution in [0.4, 0.5) is 0 Å². The number of aromatic nitrogens is 2. The molecular formula is C10H11ClN2. The van der Waals surface area contributed by atoms with Gasteiger partial charge in [0.1, 0.15) is 5.65 Å². The summed E-state index contributed by atoms with van der Waals surface area (Å²) in [6, 6.07) is 4.04. The summed E-state index contributed by atoms with van der Waals surface area (Å²) in [5, 5.41) is 1.22. The number of hydrogen-bond donors (Lipinski definition) is 1. The van der Waals surface area contributed by atoms with Gasteiger partial charge in [-0.25, -0.2) is 4.98 Å². The molecule has 2 rings (SSSR count). The molecule has 0 saturated carbocycles. The molecule has 1 N–H and O–H groups in total. The van der Waals surface area contributed by atoms with Crippen molar-refractivity contribution in [3.05, 3.63) is 30.1 Å². The predicted octanol–water partition coefficient (Wildman–Crippen LogP) is 2.73. The lowest BCUT2D eigenvalue weighted by molar-refractivity contribution is 0.936. The quantitative estimate of drug-likeness (QED) is 0.748. The van der Waals surface area contributed by atoms with Crippen molar-refractivity contribution in [2.24, 2.45) is 0 Å². The van der Waals surface area contributed by atoms with Crippen LogP contribution in [0.15, 0.2) is 24.5 Å². The number of pyridine rings is 1. The van der Waals surface area contributed by atoms with E-state index < -0.39 is 0 Å². The molecule has 0 fully saturated rings. The zero-order valence-corrected chi connectivity index (χ0v) is 8.01. The Labute approximate surface area is 81.9 Å². The lowest BCUT2D eigenvalue weighted by Gasteiger charge is -1.94. The number of rotatable bonds is 3. The first-order chi connectivity index (χ1) is 6.42. The van der Waals surface area contributed by atoms with E-state index in [9.17, 15) is 0 Å². The zero-order chi connectivity index (χ0) is 9.10. The third-order valence-electron chi connectivity index (χ3n) is 2.12. The molecule has 0 atom stereocenters. The molecule has 0 aliphatic carbocycles. The van der Waals surface area contributed by atoms with Crippen molar-refractivity contribution in [1.82, 2.24) is 9.97 Å². The van der Waals surface area contributed by atoms with Crippen molar-refractivity contribution >= 4 is 22.6 Å². The first kappa shape index (κ1) is 8.57. The van der Waals surface area contributed by atoms with Gasteiger partial charge in [0, 0.05) is 23.7 Å². The van der Waals surface area contributed by atoms with E-state index in [1.807, 2.05) is 12.3 Å². The Morgan fingerprint density at radius 3 is 3.23 bits per heavy atom. The summed E-state index contributed by atoms with van der Waals surface area (Å²) in [7, 11) is 0. The van der Waals surface area contributed by atoms with Gasteiger partial charge in [0.25, 0.3) is 0 Å². The molecule has 2 nitrogen and oxygen atoms in total. The van der Waals surface area contributed by atoms with Crippen LogP contribution in [0.25, 0.3) is 11.0 Å². The van der Waals surface area contributed by atoms with Gasteiger partial charge in [-0.05, 0) is 30.5 Å². The summed E-state index contributed by atoms with van der Waals surface area (Å²) in [5.74, 6) is 0.715. The molecule has 0 saturated heterocycles. The normalized spacial score (nSPS) is 10.8. The molecule has 2 aromatic rings. The van der Waals surface area contributed by atoms with Gasteiger partial charge in [-0.2, -0.15) is 0 Å². The first-order valence-corrected chi connectivity index (χ1v) is 4.92. The molecule has 0 amide bonds. The summed E-state index contributed by atoms with van der Waals surface area (Å²) in [5.41, 5.74) is 2.27. The number of nitrogens with zero attached hydrogens (tertiary/aromatic N) is 1. The topological polar surface area (TPSA) is 28.7 Å². The molecule has 2 aromatic heterocycles. The molecule has 0 aromatic carbocycles. The summed E-state index contributed by atoms with van der Waals surface area (Å²) < 4.78 is 0. The van der Waals surface area contributed by atoms with Crippen LogP contribution in [0.3, 0.4) is 0 Å². The Morgan fingerprint density at radius 2 is 2.38 bits per heavy atom. The molecule has 13 heavy (non-hydrogen) atoms. The molecule has 0 bridgehead atoms. The van der Waals surface area contributed by atoms with Crippen LogP contribution in [0.1, 0.15) is 12.0 Å². The van der Waals surface area contributed by atoms with Gasteiger partial charge >= 0.3 is 0 Å². The standard InChI is InChI=1S/C10H11ClN2/c11-5-1-3-8-7-13-10-9(8)4-2-6-12-10/h2,4,6-7H,1,3,5H2,(H,12,13). The number of aryl methyl sites for hydroxylation is 1. The second kappa shape index (κ2) is 3.79. The number of halogens is 1. The molecular weight excluding hydrogens is 184 g/mol. The van der Waals surface area contributed by atoms with Crippen molar-refractivity contribution in [1.29, 1.82) is 0 Å². The van der Waals surface area contributed by atoms with E-state index >= 15 is 0 Å². The maximum Gasteiger partial charge on any atom is 0.137 e. The third-order valence-corrected chi connectivity index (χ3v) is 2.38. The smallest absolute Gasteiger partial charge is 0.137 e. The van der Waals surface area contributed by atoms with Crippen molar-refractivity contribution in [3.63, 3.8) is 0 Å². The van der Waals surface area contributed by atoms with Crippen LogP contribution in [0, 0.1) is 0 Å². The van der Waals surface area contributed by atoms with Crippen molar-refractivity contribution in [2.45, 2.75) is 12.8 Å². The fourth-order valence-electron chi connectivity index (χ4n) is 1.48. The summed E-state index contributed by atoms with van der Waals surface area (Å²) in [6.45, 7) is 0.